The van der Waals surface area contributed by atoms with Crippen LogP contribution in [0.4, 0.5) is 0 Å². The molecule has 0 radical (unpaired) electrons. The molecule has 2 aromatic rings. The van der Waals surface area contributed by atoms with Gasteiger partial charge in [0.2, 0.25) is 5.91 Å². The standard InChI is InChI=1S/C23H23N3O3/c24-14-17-6-3-4-7-19(17)21-10-9-16(15-26-21)12-18-13-20(18)23(29)25-11-5-1-2-8-22(27)28/h2-4,6-10,15,18,20H,1,5,11-13H2,(H,25,29)(H,27,28)/b8-2-. The number of pyridine rings is 1. The van der Waals surface area contributed by atoms with Crippen LogP contribution in [0.15, 0.2) is 54.7 Å². The van der Waals surface area contributed by atoms with Crippen molar-refractivity contribution in [2.45, 2.75) is 25.7 Å². The van der Waals surface area contributed by atoms with Gasteiger partial charge >= 0.3 is 5.97 Å². The van der Waals surface area contributed by atoms with Crippen LogP contribution in [-0.2, 0) is 16.0 Å². The maximum Gasteiger partial charge on any atom is 0.327 e. The lowest BCUT2D eigenvalue weighted by Gasteiger charge is -2.06. The monoisotopic (exact) mass is 389 g/mol. The highest BCUT2D eigenvalue weighted by Crippen LogP contribution is 2.41. The maximum atomic E-state index is 12.2. The normalized spacial score (nSPS) is 17.6. The SMILES string of the molecule is N#Cc1ccccc1-c1ccc(CC2CC2C(=O)NCCC/C=C\C(=O)O)cn1. The fourth-order valence-electron chi connectivity index (χ4n) is 3.35. The van der Waals surface area contributed by atoms with Crippen LogP contribution in [0, 0.1) is 23.2 Å². The summed E-state index contributed by atoms with van der Waals surface area (Å²) in [6.07, 6.45) is 7.59. The molecule has 3 rings (SSSR count). The van der Waals surface area contributed by atoms with Crippen LogP contribution in [0.3, 0.4) is 0 Å². The third-order valence-corrected chi connectivity index (χ3v) is 5.01. The number of aromatic nitrogens is 1. The first-order chi connectivity index (χ1) is 14.1. The van der Waals surface area contributed by atoms with Gasteiger partial charge < -0.3 is 10.4 Å². The molecular formula is C23H23N3O3. The lowest BCUT2D eigenvalue weighted by molar-refractivity contribution is -0.131. The Balaban J connectivity index is 1.44. The van der Waals surface area contributed by atoms with E-state index in [4.69, 9.17) is 5.11 Å². The summed E-state index contributed by atoms with van der Waals surface area (Å²) < 4.78 is 0. The smallest absolute Gasteiger partial charge is 0.327 e. The Kier molecular flexibility index (Phi) is 6.75. The molecule has 2 N–H and O–H groups in total. The number of hydrogen-bond acceptors (Lipinski definition) is 4. The molecule has 0 aliphatic heterocycles. The van der Waals surface area contributed by atoms with Crippen LogP contribution in [0.5, 0.6) is 0 Å². The minimum atomic E-state index is -0.952. The van der Waals surface area contributed by atoms with Crippen molar-refractivity contribution in [3.05, 3.63) is 65.9 Å². The van der Waals surface area contributed by atoms with Gasteiger partial charge in [-0.3, -0.25) is 9.78 Å². The second kappa shape index (κ2) is 9.65. The zero-order valence-corrected chi connectivity index (χ0v) is 16.0. The number of nitrogens with zero attached hydrogens (tertiary/aromatic N) is 2. The van der Waals surface area contributed by atoms with Crippen LogP contribution in [0.25, 0.3) is 11.3 Å². The Bertz CT molecular complexity index is 945. The third kappa shape index (κ3) is 5.76. The number of carbonyl (C=O) groups excluding carboxylic acids is 1. The lowest BCUT2D eigenvalue weighted by atomic mass is 10.0. The number of carboxylic acid groups (broad SMARTS) is 1. The molecule has 0 bridgehead atoms. The zero-order chi connectivity index (χ0) is 20.6. The second-order valence-corrected chi connectivity index (χ2v) is 7.19. The molecule has 6 nitrogen and oxygen atoms in total. The van der Waals surface area contributed by atoms with Crippen LogP contribution in [0.1, 0.15) is 30.4 Å². The first kappa shape index (κ1) is 20.3. The van der Waals surface area contributed by atoms with Gasteiger partial charge in [-0.2, -0.15) is 5.26 Å². The zero-order valence-electron chi connectivity index (χ0n) is 16.0. The average molecular weight is 389 g/mol. The number of nitriles is 1. The Hall–Kier alpha value is -3.46. The van der Waals surface area contributed by atoms with E-state index in [2.05, 4.69) is 16.4 Å². The summed E-state index contributed by atoms with van der Waals surface area (Å²) in [5, 5.41) is 20.7. The van der Waals surface area contributed by atoms with Gasteiger partial charge in [0.25, 0.3) is 0 Å². The number of carbonyl (C=O) groups is 2. The number of unbranched alkanes of at least 4 members (excludes halogenated alkanes) is 1. The van der Waals surface area contributed by atoms with Crippen molar-refractivity contribution < 1.29 is 14.7 Å². The van der Waals surface area contributed by atoms with Gasteiger partial charge in [-0.25, -0.2) is 4.79 Å². The topological polar surface area (TPSA) is 103 Å². The quantitative estimate of drug-likeness (QED) is 0.506. The van der Waals surface area contributed by atoms with E-state index in [1.54, 1.807) is 12.1 Å². The van der Waals surface area contributed by atoms with Crippen molar-refractivity contribution in [3.8, 4) is 17.3 Å². The number of benzene rings is 1. The van der Waals surface area contributed by atoms with E-state index >= 15 is 0 Å². The predicted molar refractivity (Wildman–Crippen MR) is 109 cm³/mol. The van der Waals surface area contributed by atoms with Crippen LogP contribution >= 0.6 is 0 Å². The molecule has 1 heterocycles. The molecule has 1 aliphatic carbocycles. The molecule has 1 aromatic carbocycles. The first-order valence-corrected chi connectivity index (χ1v) is 9.70. The molecule has 0 spiro atoms. The van der Waals surface area contributed by atoms with E-state index in [-0.39, 0.29) is 11.8 Å². The van der Waals surface area contributed by atoms with Gasteiger partial charge in [-0.05, 0) is 49.3 Å². The molecule has 1 aliphatic rings. The number of carboxylic acids is 1. The molecule has 29 heavy (non-hydrogen) atoms. The molecule has 2 unspecified atom stereocenters. The molecule has 148 valence electrons. The van der Waals surface area contributed by atoms with E-state index in [1.807, 2.05) is 36.5 Å². The summed E-state index contributed by atoms with van der Waals surface area (Å²) >= 11 is 0. The molecule has 1 saturated carbocycles. The van der Waals surface area contributed by atoms with Crippen LogP contribution in [-0.4, -0.2) is 28.5 Å². The number of rotatable bonds is 9. The fraction of sp³-hybridized carbons (Fsp3) is 0.304. The minimum absolute atomic E-state index is 0.0450. The van der Waals surface area contributed by atoms with Crippen molar-refractivity contribution in [2.75, 3.05) is 6.54 Å². The predicted octanol–water partition coefficient (Wildman–Crippen LogP) is 3.34. The number of allylic oxidation sites excluding steroid dienone is 1. The summed E-state index contributed by atoms with van der Waals surface area (Å²) in [6, 6.07) is 13.5. The minimum Gasteiger partial charge on any atom is -0.478 e. The molecular weight excluding hydrogens is 366 g/mol. The molecule has 2 atom stereocenters. The fourth-order valence-corrected chi connectivity index (χ4v) is 3.35. The first-order valence-electron chi connectivity index (χ1n) is 9.70. The summed E-state index contributed by atoms with van der Waals surface area (Å²) in [4.78, 5) is 27.1. The van der Waals surface area contributed by atoms with Gasteiger partial charge in [0.1, 0.15) is 0 Å². The summed E-state index contributed by atoms with van der Waals surface area (Å²) in [5.74, 6) is -0.499. The van der Waals surface area contributed by atoms with Crippen LogP contribution < -0.4 is 5.32 Å². The number of hydrogen-bond donors (Lipinski definition) is 2. The van der Waals surface area contributed by atoms with E-state index < -0.39 is 5.97 Å². The number of nitrogens with one attached hydrogen (secondary N) is 1. The van der Waals surface area contributed by atoms with Crippen LogP contribution in [0.2, 0.25) is 0 Å². The molecule has 1 aromatic heterocycles. The Morgan fingerprint density at radius 1 is 1.28 bits per heavy atom. The summed E-state index contributed by atoms with van der Waals surface area (Å²) in [7, 11) is 0. The van der Waals surface area contributed by atoms with Gasteiger partial charge in [0, 0.05) is 30.3 Å². The average Bonchev–Trinajstić information content (AvgIpc) is 3.50. The van der Waals surface area contributed by atoms with E-state index in [9.17, 15) is 14.9 Å². The highest BCUT2D eigenvalue weighted by atomic mass is 16.4. The van der Waals surface area contributed by atoms with Gasteiger partial charge in [0.05, 0.1) is 17.3 Å². The van der Waals surface area contributed by atoms with E-state index in [1.165, 1.54) is 0 Å². The summed E-state index contributed by atoms with van der Waals surface area (Å²) in [5.41, 5.74) is 3.28. The van der Waals surface area contributed by atoms with E-state index in [0.717, 1.165) is 42.2 Å². The molecule has 0 saturated heterocycles. The molecule has 1 amide bonds. The highest BCUT2D eigenvalue weighted by Gasteiger charge is 2.42. The summed E-state index contributed by atoms with van der Waals surface area (Å²) in [6.45, 7) is 0.556. The Morgan fingerprint density at radius 3 is 2.83 bits per heavy atom. The van der Waals surface area contributed by atoms with Crippen molar-refractivity contribution in [2.24, 2.45) is 11.8 Å². The van der Waals surface area contributed by atoms with E-state index in [0.29, 0.717) is 24.4 Å². The molecule has 1 fully saturated rings. The van der Waals surface area contributed by atoms with Crippen molar-refractivity contribution in [1.29, 1.82) is 5.26 Å². The van der Waals surface area contributed by atoms with Crippen molar-refractivity contribution in [1.82, 2.24) is 10.3 Å². The highest BCUT2D eigenvalue weighted by molar-refractivity contribution is 5.81. The Labute approximate surface area is 169 Å². The molecule has 6 heteroatoms. The number of aliphatic carboxylic acids is 1. The Morgan fingerprint density at radius 2 is 2.10 bits per heavy atom. The van der Waals surface area contributed by atoms with Gasteiger partial charge in [0.15, 0.2) is 0 Å². The van der Waals surface area contributed by atoms with Gasteiger partial charge in [-0.1, -0.05) is 30.3 Å². The lowest BCUT2D eigenvalue weighted by Crippen LogP contribution is -2.26. The maximum absolute atomic E-state index is 12.2. The van der Waals surface area contributed by atoms with Gasteiger partial charge in [-0.15, -0.1) is 0 Å². The van der Waals surface area contributed by atoms with Crippen molar-refractivity contribution >= 4 is 11.9 Å². The third-order valence-electron chi connectivity index (χ3n) is 5.01. The largest absolute Gasteiger partial charge is 0.478 e. The number of amides is 1. The second-order valence-electron chi connectivity index (χ2n) is 7.19. The van der Waals surface area contributed by atoms with Crippen molar-refractivity contribution in [3.63, 3.8) is 0 Å².